The average molecular weight is 296 g/mol. The van der Waals surface area contributed by atoms with Crippen LogP contribution in [0.5, 0.6) is 0 Å². The Morgan fingerprint density at radius 1 is 0.652 bits per heavy atom. The summed E-state index contributed by atoms with van der Waals surface area (Å²) in [6.07, 6.45) is 1.87. The van der Waals surface area contributed by atoms with Gasteiger partial charge in [-0.1, -0.05) is 54.6 Å². The molecule has 0 radical (unpaired) electrons. The summed E-state index contributed by atoms with van der Waals surface area (Å²) in [5.74, 6) is 0. The van der Waals surface area contributed by atoms with E-state index < -0.39 is 0 Å². The van der Waals surface area contributed by atoms with Gasteiger partial charge in [0.2, 0.25) is 0 Å². The van der Waals surface area contributed by atoms with Crippen LogP contribution in [-0.4, -0.2) is 4.98 Å². The molecule has 0 aliphatic carbocycles. The number of rotatable bonds is 3. The molecular formula is C21H16N2. The number of benzene rings is 3. The molecule has 3 aromatic carbocycles. The average Bonchev–Trinajstić information content (AvgIpc) is 2.62. The third-order valence-corrected chi connectivity index (χ3v) is 3.87. The Labute approximate surface area is 135 Å². The lowest BCUT2D eigenvalue weighted by molar-refractivity contribution is 1.36. The lowest BCUT2D eigenvalue weighted by Crippen LogP contribution is -1.91. The Morgan fingerprint density at radius 2 is 1.43 bits per heavy atom. The summed E-state index contributed by atoms with van der Waals surface area (Å²) in [6, 6.07) is 29.0. The van der Waals surface area contributed by atoms with E-state index in [1.54, 1.807) is 0 Å². The number of nitrogens with zero attached hydrogens (tertiary/aromatic N) is 1. The number of anilines is 2. The van der Waals surface area contributed by atoms with Crippen LogP contribution in [-0.2, 0) is 0 Å². The van der Waals surface area contributed by atoms with Crippen LogP contribution in [0.2, 0.25) is 0 Å². The second kappa shape index (κ2) is 5.93. The van der Waals surface area contributed by atoms with Crippen LogP contribution in [0.4, 0.5) is 11.4 Å². The van der Waals surface area contributed by atoms with Gasteiger partial charge in [-0.2, -0.15) is 0 Å². The molecule has 4 aromatic rings. The highest BCUT2D eigenvalue weighted by Gasteiger charge is 2.05. The summed E-state index contributed by atoms with van der Waals surface area (Å²) in [4.78, 5) is 4.60. The minimum Gasteiger partial charge on any atom is -0.356 e. The summed E-state index contributed by atoms with van der Waals surface area (Å²) in [6.45, 7) is 0. The van der Waals surface area contributed by atoms with Gasteiger partial charge in [0.25, 0.3) is 0 Å². The molecule has 0 unspecified atom stereocenters. The van der Waals surface area contributed by atoms with Crippen LogP contribution < -0.4 is 5.32 Å². The summed E-state index contributed by atoms with van der Waals surface area (Å²) >= 11 is 0. The third-order valence-electron chi connectivity index (χ3n) is 3.87. The lowest BCUT2D eigenvalue weighted by atomic mass is 10.0. The topological polar surface area (TPSA) is 24.9 Å². The number of para-hydroxylation sites is 1. The van der Waals surface area contributed by atoms with Gasteiger partial charge >= 0.3 is 0 Å². The van der Waals surface area contributed by atoms with E-state index in [-0.39, 0.29) is 0 Å². The van der Waals surface area contributed by atoms with Crippen molar-refractivity contribution in [2.45, 2.75) is 0 Å². The number of fused-ring (bicyclic) bond motifs is 1. The van der Waals surface area contributed by atoms with Gasteiger partial charge in [-0.25, -0.2) is 0 Å². The molecule has 1 heterocycles. The molecule has 1 aromatic heterocycles. The van der Waals surface area contributed by atoms with Crippen molar-refractivity contribution in [3.63, 3.8) is 0 Å². The van der Waals surface area contributed by atoms with Gasteiger partial charge in [0.15, 0.2) is 0 Å². The van der Waals surface area contributed by atoms with Gasteiger partial charge < -0.3 is 5.32 Å². The molecule has 0 aliphatic heterocycles. The van der Waals surface area contributed by atoms with Crippen molar-refractivity contribution < 1.29 is 0 Å². The first kappa shape index (κ1) is 13.5. The zero-order valence-electron chi connectivity index (χ0n) is 12.6. The smallest absolute Gasteiger partial charge is 0.0781 e. The van der Waals surface area contributed by atoms with Crippen LogP contribution in [0.25, 0.3) is 22.0 Å². The summed E-state index contributed by atoms with van der Waals surface area (Å²) in [5, 5.41) is 5.81. The van der Waals surface area contributed by atoms with Crippen molar-refractivity contribution in [3.8, 4) is 11.3 Å². The number of hydrogen-bond acceptors (Lipinski definition) is 2. The predicted octanol–water partition coefficient (Wildman–Crippen LogP) is 5.65. The van der Waals surface area contributed by atoms with E-state index in [4.69, 9.17) is 0 Å². The van der Waals surface area contributed by atoms with Crippen molar-refractivity contribution in [1.29, 1.82) is 0 Å². The van der Waals surface area contributed by atoms with E-state index in [1.807, 2.05) is 30.5 Å². The summed E-state index contributed by atoms with van der Waals surface area (Å²) in [5.41, 5.74) is 4.27. The van der Waals surface area contributed by atoms with Crippen LogP contribution in [0.15, 0.2) is 91.1 Å². The molecule has 2 nitrogen and oxygen atoms in total. The molecule has 0 saturated carbocycles. The van der Waals surface area contributed by atoms with E-state index >= 15 is 0 Å². The molecule has 0 fully saturated rings. The number of aromatic nitrogens is 1. The summed E-state index contributed by atoms with van der Waals surface area (Å²) < 4.78 is 0. The van der Waals surface area contributed by atoms with Gasteiger partial charge in [0.05, 0.1) is 5.69 Å². The Bertz CT molecular complexity index is 940. The van der Waals surface area contributed by atoms with E-state index in [0.717, 1.165) is 22.6 Å². The highest BCUT2D eigenvalue weighted by molar-refractivity contribution is 5.94. The van der Waals surface area contributed by atoms with Crippen molar-refractivity contribution in [3.05, 3.63) is 91.1 Å². The normalized spacial score (nSPS) is 10.6. The fraction of sp³-hybridized carbons (Fsp3) is 0. The van der Waals surface area contributed by atoms with Crippen molar-refractivity contribution >= 4 is 22.1 Å². The largest absolute Gasteiger partial charge is 0.356 e. The van der Waals surface area contributed by atoms with Gasteiger partial charge in [0.1, 0.15) is 0 Å². The van der Waals surface area contributed by atoms with Crippen LogP contribution in [0.1, 0.15) is 0 Å². The van der Waals surface area contributed by atoms with Crippen LogP contribution >= 0.6 is 0 Å². The van der Waals surface area contributed by atoms with Crippen LogP contribution in [0, 0.1) is 0 Å². The molecule has 0 bridgehead atoms. The zero-order valence-corrected chi connectivity index (χ0v) is 12.6. The SMILES string of the molecule is c1ccc(Nc2cccc(-c3nccc4ccccc34)c2)cc1. The number of pyridine rings is 1. The van der Waals surface area contributed by atoms with Crippen molar-refractivity contribution in [2.24, 2.45) is 0 Å². The first-order chi connectivity index (χ1) is 11.4. The highest BCUT2D eigenvalue weighted by atomic mass is 14.9. The fourth-order valence-electron chi connectivity index (χ4n) is 2.78. The van der Waals surface area contributed by atoms with Gasteiger partial charge in [-0.05, 0) is 35.7 Å². The molecule has 0 spiro atoms. The van der Waals surface area contributed by atoms with E-state index in [2.05, 4.69) is 71.0 Å². The molecule has 0 atom stereocenters. The van der Waals surface area contributed by atoms with Crippen LogP contribution in [0.3, 0.4) is 0 Å². The highest BCUT2D eigenvalue weighted by Crippen LogP contribution is 2.28. The standard InChI is InChI=1S/C21H16N2/c1-2-9-18(10-3-1)23-19-11-6-8-17(15-19)21-20-12-5-4-7-16(20)13-14-22-21/h1-15,23H. The minimum absolute atomic E-state index is 1.01. The van der Waals surface area contributed by atoms with Gasteiger partial charge in [-0.3, -0.25) is 4.98 Å². The van der Waals surface area contributed by atoms with E-state index in [0.29, 0.717) is 0 Å². The van der Waals surface area contributed by atoms with Gasteiger partial charge in [0, 0.05) is 28.5 Å². The molecule has 0 saturated heterocycles. The molecular weight excluding hydrogens is 280 g/mol. The summed E-state index contributed by atoms with van der Waals surface area (Å²) in [7, 11) is 0. The fourth-order valence-corrected chi connectivity index (χ4v) is 2.78. The van der Waals surface area contributed by atoms with E-state index in [1.165, 1.54) is 10.8 Å². The maximum Gasteiger partial charge on any atom is 0.0781 e. The zero-order chi connectivity index (χ0) is 15.5. The predicted molar refractivity (Wildman–Crippen MR) is 96.9 cm³/mol. The maximum atomic E-state index is 4.60. The molecule has 2 heteroatoms. The Balaban J connectivity index is 1.76. The maximum absolute atomic E-state index is 4.60. The van der Waals surface area contributed by atoms with Gasteiger partial charge in [-0.15, -0.1) is 0 Å². The Kier molecular flexibility index (Phi) is 3.49. The molecule has 0 aliphatic rings. The van der Waals surface area contributed by atoms with E-state index in [9.17, 15) is 0 Å². The molecule has 0 amide bonds. The quantitative estimate of drug-likeness (QED) is 0.528. The number of hydrogen-bond donors (Lipinski definition) is 1. The Hall–Kier alpha value is -3.13. The first-order valence-electron chi connectivity index (χ1n) is 7.66. The molecule has 110 valence electrons. The Morgan fingerprint density at radius 3 is 2.35 bits per heavy atom. The monoisotopic (exact) mass is 296 g/mol. The second-order valence-electron chi connectivity index (χ2n) is 5.45. The third kappa shape index (κ3) is 2.79. The molecule has 4 rings (SSSR count). The molecule has 23 heavy (non-hydrogen) atoms. The molecule has 1 N–H and O–H groups in total. The number of nitrogens with one attached hydrogen (secondary N) is 1. The minimum atomic E-state index is 1.01. The van der Waals surface area contributed by atoms with Crippen molar-refractivity contribution in [1.82, 2.24) is 4.98 Å². The van der Waals surface area contributed by atoms with Crippen molar-refractivity contribution in [2.75, 3.05) is 5.32 Å². The lowest BCUT2D eigenvalue weighted by Gasteiger charge is -2.10. The second-order valence-corrected chi connectivity index (χ2v) is 5.45. The first-order valence-corrected chi connectivity index (χ1v) is 7.66.